The van der Waals surface area contributed by atoms with Gasteiger partial charge in [-0.25, -0.2) is 8.78 Å². The third-order valence-corrected chi connectivity index (χ3v) is 1.74. The minimum Gasteiger partial charge on any atom is -0.315 e. The fourth-order valence-electron chi connectivity index (χ4n) is 1.07. The minimum absolute atomic E-state index is 0.00755. The molecule has 0 bridgehead atoms. The monoisotopic (exact) mass is 201 g/mol. The molecule has 0 spiro atoms. The molecule has 0 unspecified atom stereocenters. The highest BCUT2D eigenvalue weighted by atomic mass is 19.1. The standard InChI is InChI=1S/C9H13F2N3/c10-7-2-1-3-8(11)6(7)4-14-5-9(12)13/h1-3,9,14H,4-5,12-13H2. The summed E-state index contributed by atoms with van der Waals surface area (Å²) in [5.41, 5.74) is 10.5. The molecule has 0 aliphatic rings. The van der Waals surface area contributed by atoms with Crippen LogP contribution in [0.2, 0.25) is 0 Å². The summed E-state index contributed by atoms with van der Waals surface area (Å²) in [6.07, 6.45) is -0.523. The number of benzene rings is 1. The Kier molecular flexibility index (Phi) is 3.94. The number of nitrogens with one attached hydrogen (secondary N) is 1. The van der Waals surface area contributed by atoms with Crippen LogP contribution in [0.4, 0.5) is 8.78 Å². The van der Waals surface area contributed by atoms with Crippen molar-refractivity contribution in [1.29, 1.82) is 0 Å². The van der Waals surface area contributed by atoms with E-state index in [1.807, 2.05) is 0 Å². The van der Waals surface area contributed by atoms with Crippen LogP contribution in [0.3, 0.4) is 0 Å². The summed E-state index contributed by atoms with van der Waals surface area (Å²) in [5.74, 6) is -1.13. The van der Waals surface area contributed by atoms with Gasteiger partial charge in [-0.05, 0) is 12.1 Å². The highest BCUT2D eigenvalue weighted by Gasteiger charge is 2.07. The molecule has 0 saturated heterocycles. The van der Waals surface area contributed by atoms with Crippen LogP contribution in [0.1, 0.15) is 5.56 Å². The zero-order valence-electron chi connectivity index (χ0n) is 7.63. The predicted molar refractivity (Wildman–Crippen MR) is 50.2 cm³/mol. The summed E-state index contributed by atoms with van der Waals surface area (Å²) in [7, 11) is 0. The minimum atomic E-state index is -0.567. The van der Waals surface area contributed by atoms with Crippen LogP contribution in [0, 0.1) is 11.6 Å². The zero-order valence-corrected chi connectivity index (χ0v) is 7.63. The van der Waals surface area contributed by atoms with Crippen molar-refractivity contribution in [3.05, 3.63) is 35.4 Å². The summed E-state index contributed by atoms with van der Waals surface area (Å²) >= 11 is 0. The van der Waals surface area contributed by atoms with Crippen molar-refractivity contribution < 1.29 is 8.78 Å². The number of rotatable bonds is 4. The van der Waals surface area contributed by atoms with Gasteiger partial charge < -0.3 is 16.8 Å². The Balaban J connectivity index is 2.58. The zero-order chi connectivity index (χ0) is 10.6. The van der Waals surface area contributed by atoms with Gasteiger partial charge in [0.25, 0.3) is 0 Å². The molecule has 0 saturated carbocycles. The Morgan fingerprint density at radius 1 is 1.21 bits per heavy atom. The lowest BCUT2D eigenvalue weighted by Crippen LogP contribution is -2.40. The van der Waals surface area contributed by atoms with Crippen LogP contribution >= 0.6 is 0 Å². The Morgan fingerprint density at radius 3 is 2.29 bits per heavy atom. The van der Waals surface area contributed by atoms with E-state index >= 15 is 0 Å². The molecule has 0 amide bonds. The van der Waals surface area contributed by atoms with E-state index in [2.05, 4.69) is 5.32 Å². The largest absolute Gasteiger partial charge is 0.315 e. The molecule has 5 heteroatoms. The van der Waals surface area contributed by atoms with Gasteiger partial charge >= 0.3 is 0 Å². The van der Waals surface area contributed by atoms with E-state index < -0.39 is 17.8 Å². The molecule has 5 N–H and O–H groups in total. The maximum Gasteiger partial charge on any atom is 0.130 e. The summed E-state index contributed by atoms with van der Waals surface area (Å²) < 4.78 is 26.1. The molecule has 14 heavy (non-hydrogen) atoms. The van der Waals surface area contributed by atoms with Crippen LogP contribution in [0.15, 0.2) is 18.2 Å². The average molecular weight is 201 g/mol. The Bertz CT molecular complexity index is 282. The summed E-state index contributed by atoms with van der Waals surface area (Å²) in [4.78, 5) is 0. The van der Waals surface area contributed by atoms with Crippen molar-refractivity contribution >= 4 is 0 Å². The summed E-state index contributed by atoms with van der Waals surface area (Å²) in [6.45, 7) is 0.400. The fraction of sp³-hybridized carbons (Fsp3) is 0.333. The average Bonchev–Trinajstić information content (AvgIpc) is 2.09. The van der Waals surface area contributed by atoms with Crippen LogP contribution < -0.4 is 16.8 Å². The number of nitrogens with two attached hydrogens (primary N) is 2. The highest BCUT2D eigenvalue weighted by molar-refractivity contribution is 5.19. The molecular weight excluding hydrogens is 188 g/mol. The first-order valence-corrected chi connectivity index (χ1v) is 4.26. The van der Waals surface area contributed by atoms with Crippen molar-refractivity contribution in [1.82, 2.24) is 5.32 Å². The van der Waals surface area contributed by atoms with E-state index in [4.69, 9.17) is 11.5 Å². The normalized spacial score (nSPS) is 10.9. The third kappa shape index (κ3) is 3.02. The molecule has 1 aromatic carbocycles. The van der Waals surface area contributed by atoms with E-state index in [0.717, 1.165) is 0 Å². The second-order valence-corrected chi connectivity index (χ2v) is 2.99. The van der Waals surface area contributed by atoms with Gasteiger partial charge in [-0.3, -0.25) is 0 Å². The molecule has 0 aromatic heterocycles. The molecular formula is C9H13F2N3. The second-order valence-electron chi connectivity index (χ2n) is 2.99. The van der Waals surface area contributed by atoms with Gasteiger partial charge in [0.1, 0.15) is 11.6 Å². The van der Waals surface area contributed by atoms with E-state index in [-0.39, 0.29) is 12.1 Å². The van der Waals surface area contributed by atoms with Crippen LogP contribution in [0.5, 0.6) is 0 Å². The Labute approximate surface area is 81.1 Å². The first-order chi connectivity index (χ1) is 6.61. The number of hydrogen-bond acceptors (Lipinski definition) is 3. The molecule has 0 aliphatic heterocycles. The Morgan fingerprint density at radius 2 is 1.79 bits per heavy atom. The molecule has 0 heterocycles. The predicted octanol–water partition coefficient (Wildman–Crippen LogP) is 0.298. The van der Waals surface area contributed by atoms with E-state index in [1.165, 1.54) is 18.2 Å². The van der Waals surface area contributed by atoms with Gasteiger partial charge in [0, 0.05) is 18.7 Å². The highest BCUT2D eigenvalue weighted by Crippen LogP contribution is 2.10. The molecule has 1 aromatic rings. The van der Waals surface area contributed by atoms with Crippen molar-refractivity contribution in [2.24, 2.45) is 11.5 Å². The summed E-state index contributed by atoms with van der Waals surface area (Å²) in [6, 6.07) is 3.74. The molecule has 3 nitrogen and oxygen atoms in total. The molecule has 0 aliphatic carbocycles. The smallest absolute Gasteiger partial charge is 0.130 e. The number of halogens is 2. The van der Waals surface area contributed by atoms with Crippen LogP contribution in [-0.4, -0.2) is 12.7 Å². The first-order valence-electron chi connectivity index (χ1n) is 4.26. The number of hydrogen-bond donors (Lipinski definition) is 3. The molecule has 0 atom stereocenters. The first kappa shape index (κ1) is 11.0. The maximum atomic E-state index is 13.0. The van der Waals surface area contributed by atoms with E-state index in [9.17, 15) is 8.78 Å². The van der Waals surface area contributed by atoms with Crippen molar-refractivity contribution in [3.63, 3.8) is 0 Å². The van der Waals surface area contributed by atoms with Gasteiger partial charge in [-0.2, -0.15) is 0 Å². The van der Waals surface area contributed by atoms with Gasteiger partial charge in [-0.15, -0.1) is 0 Å². The summed E-state index contributed by atoms with van der Waals surface area (Å²) in [5, 5.41) is 2.75. The van der Waals surface area contributed by atoms with Gasteiger partial charge in [0.2, 0.25) is 0 Å². The van der Waals surface area contributed by atoms with E-state index in [0.29, 0.717) is 6.54 Å². The van der Waals surface area contributed by atoms with Gasteiger partial charge in [-0.1, -0.05) is 6.07 Å². The van der Waals surface area contributed by atoms with Gasteiger partial charge in [0.05, 0.1) is 6.17 Å². The fourth-order valence-corrected chi connectivity index (χ4v) is 1.07. The SMILES string of the molecule is NC(N)CNCc1c(F)cccc1F. The lowest BCUT2D eigenvalue weighted by molar-refractivity contribution is 0.522. The quantitative estimate of drug-likeness (QED) is 0.614. The molecule has 0 radical (unpaired) electrons. The van der Waals surface area contributed by atoms with Gasteiger partial charge in [0.15, 0.2) is 0 Å². The van der Waals surface area contributed by atoms with E-state index in [1.54, 1.807) is 0 Å². The van der Waals surface area contributed by atoms with Crippen molar-refractivity contribution in [2.45, 2.75) is 12.7 Å². The van der Waals surface area contributed by atoms with Crippen LogP contribution in [-0.2, 0) is 6.54 Å². The van der Waals surface area contributed by atoms with Crippen molar-refractivity contribution in [3.8, 4) is 0 Å². The Hall–Kier alpha value is -1.04. The molecule has 1 rings (SSSR count). The molecule has 78 valence electrons. The van der Waals surface area contributed by atoms with Crippen molar-refractivity contribution in [2.75, 3.05) is 6.54 Å². The maximum absolute atomic E-state index is 13.0. The molecule has 0 fully saturated rings. The lowest BCUT2D eigenvalue weighted by Gasteiger charge is -2.08. The van der Waals surface area contributed by atoms with Crippen LogP contribution in [0.25, 0.3) is 0 Å². The second kappa shape index (κ2) is 4.99. The topological polar surface area (TPSA) is 64.1 Å². The third-order valence-electron chi connectivity index (χ3n) is 1.74. The lowest BCUT2D eigenvalue weighted by atomic mass is 10.2.